The summed E-state index contributed by atoms with van der Waals surface area (Å²) in [7, 11) is 0. The predicted molar refractivity (Wildman–Crippen MR) is 77.0 cm³/mol. The third-order valence-corrected chi connectivity index (χ3v) is 4.33. The highest BCUT2D eigenvalue weighted by Crippen LogP contribution is 2.40. The Morgan fingerprint density at radius 3 is 3.00 bits per heavy atom. The van der Waals surface area contributed by atoms with Crippen molar-refractivity contribution in [3.63, 3.8) is 0 Å². The number of imidazole rings is 1. The molecule has 0 spiro atoms. The zero-order valence-corrected chi connectivity index (χ0v) is 11.7. The largest absolute Gasteiger partial charge is 0.330 e. The first-order valence-corrected chi connectivity index (χ1v) is 7.24. The Labute approximate surface area is 114 Å². The predicted octanol–water partition coefficient (Wildman–Crippen LogP) is 2.85. The molecule has 3 rings (SSSR count). The molecule has 2 unspecified atom stereocenters. The van der Waals surface area contributed by atoms with E-state index < -0.39 is 0 Å². The highest BCUT2D eigenvalue weighted by atomic mass is 15.1. The van der Waals surface area contributed by atoms with E-state index in [1.54, 1.807) is 0 Å². The first-order valence-electron chi connectivity index (χ1n) is 7.24. The Balaban J connectivity index is 2.14. The van der Waals surface area contributed by atoms with E-state index in [2.05, 4.69) is 29.5 Å². The maximum atomic E-state index is 5.93. The lowest BCUT2D eigenvalue weighted by Gasteiger charge is -2.21. The molecular weight excluding hydrogens is 236 g/mol. The summed E-state index contributed by atoms with van der Waals surface area (Å²) in [6.07, 6.45) is 7.43. The number of nitrogens with zero attached hydrogens (tertiary/aromatic N) is 3. The molecule has 0 amide bonds. The van der Waals surface area contributed by atoms with E-state index in [1.807, 2.05) is 12.4 Å². The quantitative estimate of drug-likeness (QED) is 0.921. The zero-order chi connectivity index (χ0) is 13.4. The number of pyridine rings is 1. The summed E-state index contributed by atoms with van der Waals surface area (Å²) in [5, 5.41) is 0. The molecule has 0 radical (unpaired) electrons. The van der Waals surface area contributed by atoms with Crippen LogP contribution >= 0.6 is 0 Å². The maximum absolute atomic E-state index is 5.93. The fourth-order valence-electron chi connectivity index (χ4n) is 3.43. The van der Waals surface area contributed by atoms with Crippen LogP contribution in [-0.4, -0.2) is 21.1 Å². The van der Waals surface area contributed by atoms with Crippen LogP contribution in [0, 0.1) is 5.92 Å². The van der Waals surface area contributed by atoms with Gasteiger partial charge in [-0.05, 0) is 45.2 Å². The molecule has 2 atom stereocenters. The van der Waals surface area contributed by atoms with Gasteiger partial charge in [-0.25, -0.2) is 4.98 Å². The van der Waals surface area contributed by atoms with Gasteiger partial charge in [0.25, 0.3) is 0 Å². The third-order valence-electron chi connectivity index (χ3n) is 4.33. The number of hydrogen-bond acceptors (Lipinski definition) is 3. The number of hydrogen-bond donors (Lipinski definition) is 1. The summed E-state index contributed by atoms with van der Waals surface area (Å²) < 4.78 is 2.37. The van der Waals surface area contributed by atoms with Crippen LogP contribution in [0.25, 0.3) is 11.0 Å². The van der Waals surface area contributed by atoms with Crippen LogP contribution in [-0.2, 0) is 0 Å². The summed E-state index contributed by atoms with van der Waals surface area (Å²) in [4.78, 5) is 9.05. The minimum Gasteiger partial charge on any atom is -0.330 e. The first kappa shape index (κ1) is 12.6. The standard InChI is InChI=1S/C15H22N4/c1-10(2)19-14-6-7-17-9-13(14)18-15(19)12-5-3-4-11(12)8-16/h6-7,9-12H,3-5,8,16H2,1-2H3. The van der Waals surface area contributed by atoms with E-state index in [4.69, 9.17) is 10.7 Å². The van der Waals surface area contributed by atoms with E-state index in [0.29, 0.717) is 17.9 Å². The van der Waals surface area contributed by atoms with Crippen LogP contribution < -0.4 is 5.73 Å². The maximum Gasteiger partial charge on any atom is 0.113 e. The molecule has 0 saturated heterocycles. The van der Waals surface area contributed by atoms with Crippen LogP contribution in [0.1, 0.15) is 50.9 Å². The topological polar surface area (TPSA) is 56.7 Å². The van der Waals surface area contributed by atoms with Crippen molar-refractivity contribution in [2.45, 2.75) is 45.1 Å². The van der Waals surface area contributed by atoms with E-state index >= 15 is 0 Å². The number of rotatable bonds is 3. The normalized spacial score (nSPS) is 23.6. The van der Waals surface area contributed by atoms with Gasteiger partial charge >= 0.3 is 0 Å². The molecule has 0 bridgehead atoms. The second kappa shape index (κ2) is 4.93. The van der Waals surface area contributed by atoms with Gasteiger partial charge in [-0.3, -0.25) is 4.98 Å². The Morgan fingerprint density at radius 2 is 2.26 bits per heavy atom. The molecule has 4 nitrogen and oxygen atoms in total. The number of aromatic nitrogens is 3. The second-order valence-corrected chi connectivity index (χ2v) is 5.83. The highest BCUT2D eigenvalue weighted by Gasteiger charge is 2.32. The Morgan fingerprint density at radius 1 is 1.42 bits per heavy atom. The molecule has 1 aliphatic rings. The minimum atomic E-state index is 0.418. The molecule has 1 aliphatic carbocycles. The monoisotopic (exact) mass is 258 g/mol. The summed E-state index contributed by atoms with van der Waals surface area (Å²) in [6, 6.07) is 2.49. The smallest absolute Gasteiger partial charge is 0.113 e. The highest BCUT2D eigenvalue weighted by molar-refractivity contribution is 5.75. The first-order chi connectivity index (χ1) is 9.22. The van der Waals surface area contributed by atoms with Gasteiger partial charge in [-0.2, -0.15) is 0 Å². The molecule has 1 saturated carbocycles. The van der Waals surface area contributed by atoms with Crippen LogP contribution in [0.15, 0.2) is 18.5 Å². The Kier molecular flexibility index (Phi) is 3.27. The molecule has 102 valence electrons. The van der Waals surface area contributed by atoms with Crippen molar-refractivity contribution in [2.24, 2.45) is 11.7 Å². The van der Waals surface area contributed by atoms with Crippen molar-refractivity contribution in [3.05, 3.63) is 24.3 Å². The van der Waals surface area contributed by atoms with E-state index in [0.717, 1.165) is 12.1 Å². The molecule has 19 heavy (non-hydrogen) atoms. The number of fused-ring (bicyclic) bond motifs is 1. The van der Waals surface area contributed by atoms with Gasteiger partial charge in [0.15, 0.2) is 0 Å². The summed E-state index contributed by atoms with van der Waals surface area (Å²) in [5.41, 5.74) is 8.14. The lowest BCUT2D eigenvalue weighted by atomic mass is 9.95. The molecule has 2 N–H and O–H groups in total. The van der Waals surface area contributed by atoms with Crippen LogP contribution in [0.4, 0.5) is 0 Å². The van der Waals surface area contributed by atoms with E-state index in [9.17, 15) is 0 Å². The number of nitrogens with two attached hydrogens (primary N) is 1. The lowest BCUT2D eigenvalue weighted by Crippen LogP contribution is -2.20. The van der Waals surface area contributed by atoms with E-state index in [1.165, 1.54) is 30.6 Å². The molecular formula is C15H22N4. The molecule has 4 heteroatoms. The van der Waals surface area contributed by atoms with Gasteiger partial charge in [0, 0.05) is 18.2 Å². The summed E-state index contributed by atoms with van der Waals surface area (Å²) in [5.74, 6) is 2.31. The van der Waals surface area contributed by atoms with Crippen molar-refractivity contribution < 1.29 is 0 Å². The zero-order valence-electron chi connectivity index (χ0n) is 11.7. The Hall–Kier alpha value is -1.42. The molecule has 2 aromatic rings. The van der Waals surface area contributed by atoms with Crippen molar-refractivity contribution in [1.82, 2.24) is 14.5 Å². The van der Waals surface area contributed by atoms with Crippen LogP contribution in [0.3, 0.4) is 0 Å². The lowest BCUT2D eigenvalue weighted by molar-refractivity contribution is 0.447. The molecule has 2 heterocycles. The van der Waals surface area contributed by atoms with Crippen LogP contribution in [0.2, 0.25) is 0 Å². The third kappa shape index (κ3) is 2.04. The Bertz CT molecular complexity index is 573. The van der Waals surface area contributed by atoms with Gasteiger partial charge in [0.2, 0.25) is 0 Å². The van der Waals surface area contributed by atoms with Gasteiger partial charge in [0.05, 0.1) is 11.7 Å². The van der Waals surface area contributed by atoms with Crippen LogP contribution in [0.5, 0.6) is 0 Å². The second-order valence-electron chi connectivity index (χ2n) is 5.83. The van der Waals surface area contributed by atoms with Crippen molar-refractivity contribution in [3.8, 4) is 0 Å². The van der Waals surface area contributed by atoms with Gasteiger partial charge in [-0.15, -0.1) is 0 Å². The molecule has 0 aliphatic heterocycles. The average molecular weight is 258 g/mol. The van der Waals surface area contributed by atoms with Gasteiger partial charge in [-0.1, -0.05) is 6.42 Å². The van der Waals surface area contributed by atoms with Gasteiger partial charge in [0.1, 0.15) is 11.3 Å². The van der Waals surface area contributed by atoms with Crippen molar-refractivity contribution in [2.75, 3.05) is 6.54 Å². The molecule has 2 aromatic heterocycles. The minimum absolute atomic E-state index is 0.418. The SMILES string of the molecule is CC(C)n1c(C2CCCC2CN)nc2cnccc21. The average Bonchev–Trinajstić information content (AvgIpc) is 3.01. The van der Waals surface area contributed by atoms with Crippen molar-refractivity contribution in [1.29, 1.82) is 0 Å². The molecule has 0 aromatic carbocycles. The van der Waals surface area contributed by atoms with E-state index in [-0.39, 0.29) is 0 Å². The summed E-state index contributed by atoms with van der Waals surface area (Å²) in [6.45, 7) is 5.21. The summed E-state index contributed by atoms with van der Waals surface area (Å²) >= 11 is 0. The molecule has 1 fully saturated rings. The van der Waals surface area contributed by atoms with Gasteiger partial charge < -0.3 is 10.3 Å². The van der Waals surface area contributed by atoms with Crippen molar-refractivity contribution >= 4 is 11.0 Å². The fourth-order valence-corrected chi connectivity index (χ4v) is 3.43. The fraction of sp³-hybridized carbons (Fsp3) is 0.600.